The number of aromatic nitrogens is 2. The summed E-state index contributed by atoms with van der Waals surface area (Å²) in [6.07, 6.45) is 3.83. The number of hydrogen-bond acceptors (Lipinski definition) is 4. The maximum absolute atomic E-state index is 13.3. The maximum atomic E-state index is 13.3. The zero-order valence-electron chi connectivity index (χ0n) is 12.0. The van der Waals surface area contributed by atoms with Crippen molar-refractivity contribution in [1.82, 2.24) is 15.5 Å². The van der Waals surface area contributed by atoms with Crippen LogP contribution in [0.2, 0.25) is 0 Å². The Morgan fingerprint density at radius 1 is 1.33 bits per heavy atom. The van der Waals surface area contributed by atoms with Gasteiger partial charge >= 0.3 is 0 Å². The second-order valence-corrected chi connectivity index (χ2v) is 6.16. The number of halogens is 1. The van der Waals surface area contributed by atoms with Gasteiger partial charge in [-0.25, -0.2) is 4.39 Å². The molecule has 2 heterocycles. The summed E-state index contributed by atoms with van der Waals surface area (Å²) < 4.78 is 18.8. The average Bonchev–Trinajstić information content (AvgIpc) is 3.16. The molecule has 1 saturated heterocycles. The monoisotopic (exact) mass is 287 g/mol. The molecule has 0 radical (unpaired) electrons. The first kappa shape index (κ1) is 13.0. The van der Waals surface area contributed by atoms with Crippen LogP contribution in [0, 0.1) is 24.6 Å². The molecule has 0 spiro atoms. The summed E-state index contributed by atoms with van der Waals surface area (Å²) in [5, 5.41) is 7.57. The second kappa shape index (κ2) is 4.91. The molecule has 1 aliphatic heterocycles. The van der Waals surface area contributed by atoms with Crippen molar-refractivity contribution < 1.29 is 8.91 Å². The van der Waals surface area contributed by atoms with E-state index in [1.165, 1.54) is 25.3 Å². The second-order valence-electron chi connectivity index (χ2n) is 6.16. The highest BCUT2D eigenvalue weighted by atomic mass is 19.1. The molecule has 4 rings (SSSR count). The Morgan fingerprint density at radius 2 is 2.24 bits per heavy atom. The van der Waals surface area contributed by atoms with E-state index in [0.717, 1.165) is 18.0 Å². The van der Waals surface area contributed by atoms with Gasteiger partial charge in [0.25, 0.3) is 0 Å². The SMILES string of the molecule is Cc1cc(-c2noc(C3NCC4CCCC43)n2)ccc1F. The lowest BCUT2D eigenvalue weighted by molar-refractivity contribution is 0.302. The third-order valence-corrected chi connectivity index (χ3v) is 4.87. The van der Waals surface area contributed by atoms with Gasteiger partial charge < -0.3 is 9.84 Å². The summed E-state index contributed by atoms with van der Waals surface area (Å²) in [6, 6.07) is 5.07. The Labute approximate surface area is 122 Å². The number of nitrogens with one attached hydrogen (secondary N) is 1. The molecular formula is C16H18FN3O. The van der Waals surface area contributed by atoms with Crippen molar-refractivity contribution in [3.05, 3.63) is 35.5 Å². The van der Waals surface area contributed by atoms with Crippen LogP contribution in [0.5, 0.6) is 0 Å². The van der Waals surface area contributed by atoms with Gasteiger partial charge in [0.15, 0.2) is 0 Å². The predicted octanol–water partition coefficient (Wildman–Crippen LogP) is 3.24. The Bertz CT molecular complexity index is 669. The minimum atomic E-state index is -0.214. The van der Waals surface area contributed by atoms with Crippen molar-refractivity contribution in [2.75, 3.05) is 6.54 Å². The molecule has 5 heteroatoms. The Hall–Kier alpha value is -1.75. The van der Waals surface area contributed by atoms with Crippen LogP contribution in [0.3, 0.4) is 0 Å². The zero-order chi connectivity index (χ0) is 14.4. The Morgan fingerprint density at radius 3 is 3.10 bits per heavy atom. The third-order valence-electron chi connectivity index (χ3n) is 4.87. The van der Waals surface area contributed by atoms with Crippen LogP contribution in [0.25, 0.3) is 11.4 Å². The van der Waals surface area contributed by atoms with Crippen LogP contribution in [0.15, 0.2) is 22.7 Å². The summed E-state index contributed by atoms with van der Waals surface area (Å²) in [4.78, 5) is 4.53. The van der Waals surface area contributed by atoms with Crippen LogP contribution in [-0.4, -0.2) is 16.7 Å². The highest BCUT2D eigenvalue weighted by Crippen LogP contribution is 2.44. The van der Waals surface area contributed by atoms with Crippen LogP contribution >= 0.6 is 0 Å². The zero-order valence-corrected chi connectivity index (χ0v) is 12.0. The molecule has 0 bridgehead atoms. The molecule has 1 N–H and O–H groups in total. The lowest BCUT2D eigenvalue weighted by Crippen LogP contribution is -2.18. The molecule has 3 atom stereocenters. The first-order chi connectivity index (χ1) is 10.2. The highest BCUT2D eigenvalue weighted by Gasteiger charge is 2.42. The lowest BCUT2D eigenvalue weighted by Gasteiger charge is -2.13. The average molecular weight is 287 g/mol. The van der Waals surface area contributed by atoms with E-state index in [9.17, 15) is 4.39 Å². The van der Waals surface area contributed by atoms with Gasteiger partial charge in [-0.3, -0.25) is 0 Å². The fourth-order valence-corrected chi connectivity index (χ4v) is 3.72. The fraction of sp³-hybridized carbons (Fsp3) is 0.500. The van der Waals surface area contributed by atoms with Gasteiger partial charge in [-0.05, 0) is 61.9 Å². The van der Waals surface area contributed by atoms with E-state index in [1.54, 1.807) is 19.1 Å². The number of nitrogens with zero attached hydrogens (tertiary/aromatic N) is 2. The summed E-state index contributed by atoms with van der Waals surface area (Å²) in [6.45, 7) is 2.78. The quantitative estimate of drug-likeness (QED) is 0.921. The van der Waals surface area contributed by atoms with Gasteiger partial charge in [-0.15, -0.1) is 0 Å². The standard InChI is InChI=1S/C16H18FN3O/c1-9-7-10(5-6-13(9)17)15-19-16(21-20-15)14-12-4-2-3-11(12)8-18-14/h5-7,11-12,14,18H,2-4,8H2,1H3. The van der Waals surface area contributed by atoms with Crippen molar-refractivity contribution in [1.29, 1.82) is 0 Å². The summed E-state index contributed by atoms with van der Waals surface area (Å²) in [5.74, 6) is 2.36. The van der Waals surface area contributed by atoms with Crippen molar-refractivity contribution >= 4 is 0 Å². The van der Waals surface area contributed by atoms with Gasteiger partial charge in [-0.2, -0.15) is 4.98 Å². The van der Waals surface area contributed by atoms with E-state index >= 15 is 0 Å². The van der Waals surface area contributed by atoms with Crippen molar-refractivity contribution in [2.45, 2.75) is 32.2 Å². The largest absolute Gasteiger partial charge is 0.337 e. The fourth-order valence-electron chi connectivity index (χ4n) is 3.72. The van der Waals surface area contributed by atoms with E-state index in [4.69, 9.17) is 4.52 Å². The molecule has 21 heavy (non-hydrogen) atoms. The molecule has 1 aromatic carbocycles. The molecule has 3 unspecified atom stereocenters. The highest BCUT2D eigenvalue weighted by molar-refractivity contribution is 5.55. The summed E-state index contributed by atoms with van der Waals surface area (Å²) >= 11 is 0. The first-order valence-corrected chi connectivity index (χ1v) is 7.56. The molecule has 2 aliphatic rings. The third kappa shape index (κ3) is 2.16. The smallest absolute Gasteiger partial charge is 0.244 e. The predicted molar refractivity (Wildman–Crippen MR) is 76.0 cm³/mol. The summed E-state index contributed by atoms with van der Waals surface area (Å²) in [7, 11) is 0. The number of rotatable bonds is 2. The summed E-state index contributed by atoms with van der Waals surface area (Å²) in [5.41, 5.74) is 1.39. The van der Waals surface area contributed by atoms with Crippen LogP contribution < -0.4 is 5.32 Å². The van der Waals surface area contributed by atoms with E-state index in [2.05, 4.69) is 15.5 Å². The van der Waals surface area contributed by atoms with E-state index in [1.807, 2.05) is 0 Å². The Kier molecular flexibility index (Phi) is 3.03. The molecule has 110 valence electrons. The molecule has 2 aromatic rings. The van der Waals surface area contributed by atoms with Gasteiger partial charge in [0.1, 0.15) is 5.82 Å². The number of fused-ring (bicyclic) bond motifs is 1. The van der Waals surface area contributed by atoms with Crippen LogP contribution in [-0.2, 0) is 0 Å². The van der Waals surface area contributed by atoms with E-state index in [-0.39, 0.29) is 11.9 Å². The minimum Gasteiger partial charge on any atom is -0.337 e. The van der Waals surface area contributed by atoms with E-state index in [0.29, 0.717) is 23.2 Å². The molecule has 2 fully saturated rings. The topological polar surface area (TPSA) is 51.0 Å². The van der Waals surface area contributed by atoms with Gasteiger partial charge in [0.05, 0.1) is 6.04 Å². The van der Waals surface area contributed by atoms with Gasteiger partial charge in [0.2, 0.25) is 11.7 Å². The van der Waals surface area contributed by atoms with Gasteiger partial charge in [0, 0.05) is 5.56 Å². The molecule has 1 aromatic heterocycles. The van der Waals surface area contributed by atoms with E-state index < -0.39 is 0 Å². The van der Waals surface area contributed by atoms with Gasteiger partial charge in [-0.1, -0.05) is 11.6 Å². The van der Waals surface area contributed by atoms with Crippen molar-refractivity contribution in [3.8, 4) is 11.4 Å². The van der Waals surface area contributed by atoms with Crippen LogP contribution in [0.1, 0.15) is 36.8 Å². The molecule has 1 aliphatic carbocycles. The molecule has 4 nitrogen and oxygen atoms in total. The number of benzene rings is 1. The molecule has 0 amide bonds. The minimum absolute atomic E-state index is 0.181. The molecule has 1 saturated carbocycles. The Balaban J connectivity index is 1.62. The maximum Gasteiger partial charge on any atom is 0.244 e. The number of aryl methyl sites for hydroxylation is 1. The molecular weight excluding hydrogens is 269 g/mol. The lowest BCUT2D eigenvalue weighted by atomic mass is 9.94. The van der Waals surface area contributed by atoms with Crippen LogP contribution in [0.4, 0.5) is 4.39 Å². The first-order valence-electron chi connectivity index (χ1n) is 7.56. The normalized spacial score (nSPS) is 28.0. The number of hydrogen-bond donors (Lipinski definition) is 1. The van der Waals surface area contributed by atoms with Crippen molar-refractivity contribution in [2.24, 2.45) is 11.8 Å². The van der Waals surface area contributed by atoms with Crippen molar-refractivity contribution in [3.63, 3.8) is 0 Å².